The van der Waals surface area contributed by atoms with E-state index in [0.29, 0.717) is 11.8 Å². The van der Waals surface area contributed by atoms with Gasteiger partial charge in [-0.25, -0.2) is 0 Å². The molecule has 3 N–H and O–H groups in total. The molecule has 1 saturated heterocycles. The summed E-state index contributed by atoms with van der Waals surface area (Å²) in [6, 6.07) is 13.4. The minimum absolute atomic E-state index is 0.0140. The Morgan fingerprint density at radius 2 is 1.56 bits per heavy atom. The summed E-state index contributed by atoms with van der Waals surface area (Å²) >= 11 is 0. The van der Waals surface area contributed by atoms with Gasteiger partial charge in [0.05, 0.1) is 0 Å². The normalized spacial score (nSPS) is 16.5. The maximum absolute atomic E-state index is 9.76. The van der Waals surface area contributed by atoms with Crippen molar-refractivity contribution in [3.05, 3.63) is 53.6 Å². The van der Waals surface area contributed by atoms with Crippen LogP contribution in [0.15, 0.2) is 42.5 Å². The van der Waals surface area contributed by atoms with Crippen molar-refractivity contribution in [3.63, 3.8) is 0 Å². The summed E-state index contributed by atoms with van der Waals surface area (Å²) in [6.07, 6.45) is 12.1. The van der Waals surface area contributed by atoms with E-state index in [4.69, 9.17) is 0 Å². The Hall–Kier alpha value is -2.24. The maximum atomic E-state index is 9.76. The van der Waals surface area contributed by atoms with Gasteiger partial charge >= 0.3 is 0 Å². The van der Waals surface area contributed by atoms with Gasteiger partial charge in [0.1, 0.15) is 5.75 Å². The highest BCUT2D eigenvalue weighted by atomic mass is 16.3. The van der Waals surface area contributed by atoms with Crippen molar-refractivity contribution >= 4 is 0 Å². The number of phenolic OH excluding ortho intramolecular Hbond substituents is 3. The molecule has 1 atom stereocenters. The highest BCUT2D eigenvalue weighted by molar-refractivity contribution is 5.40. The third kappa shape index (κ3) is 8.84. The molecular weight excluding hydrogens is 424 g/mol. The van der Waals surface area contributed by atoms with Gasteiger partial charge in [-0.05, 0) is 107 Å². The molecule has 2 aromatic carbocycles. The zero-order valence-corrected chi connectivity index (χ0v) is 21.0. The lowest BCUT2D eigenvalue weighted by atomic mass is 10.0. The third-order valence-corrected chi connectivity index (χ3v) is 7.12. The standard InChI is InChI=1S/C29H44N2O3/c1-2-17-30(21-16-24-10-13-27(32)14-11-24)18-6-4-3-5-7-19-31-20-8-9-26(31)22-25-12-15-28(33)29(34)23-25/h10-15,23,26,32-34H,2-9,16-22H2,1H3/t26-/m1/s1. The molecule has 0 spiro atoms. The second-order valence-corrected chi connectivity index (χ2v) is 9.89. The Morgan fingerprint density at radius 3 is 2.32 bits per heavy atom. The van der Waals surface area contributed by atoms with E-state index in [2.05, 4.69) is 16.7 Å². The molecule has 2 aromatic rings. The van der Waals surface area contributed by atoms with Gasteiger partial charge in [0.25, 0.3) is 0 Å². The average molecular weight is 469 g/mol. The average Bonchev–Trinajstić information content (AvgIpc) is 3.27. The molecular formula is C29H44N2O3. The molecule has 1 aliphatic rings. The molecule has 0 aromatic heterocycles. The topological polar surface area (TPSA) is 67.2 Å². The van der Waals surface area contributed by atoms with Gasteiger partial charge in [0.2, 0.25) is 0 Å². The van der Waals surface area contributed by atoms with Gasteiger partial charge < -0.3 is 25.1 Å². The van der Waals surface area contributed by atoms with Crippen LogP contribution in [0.5, 0.6) is 17.2 Å². The summed E-state index contributed by atoms with van der Waals surface area (Å²) in [5.41, 5.74) is 2.40. The number of likely N-dealkylation sites (tertiary alicyclic amines) is 1. The largest absolute Gasteiger partial charge is 0.508 e. The van der Waals surface area contributed by atoms with Crippen LogP contribution in [-0.2, 0) is 12.8 Å². The second-order valence-electron chi connectivity index (χ2n) is 9.89. The van der Waals surface area contributed by atoms with Crippen molar-refractivity contribution in [1.82, 2.24) is 9.80 Å². The smallest absolute Gasteiger partial charge is 0.157 e. The molecule has 0 aliphatic carbocycles. The number of rotatable bonds is 15. The monoisotopic (exact) mass is 468 g/mol. The van der Waals surface area contributed by atoms with Crippen molar-refractivity contribution in [2.75, 3.05) is 32.7 Å². The predicted molar refractivity (Wildman–Crippen MR) is 140 cm³/mol. The molecule has 0 amide bonds. The van der Waals surface area contributed by atoms with E-state index in [1.54, 1.807) is 24.3 Å². The highest BCUT2D eigenvalue weighted by Gasteiger charge is 2.24. The van der Waals surface area contributed by atoms with Gasteiger partial charge in [0, 0.05) is 12.6 Å². The van der Waals surface area contributed by atoms with Crippen molar-refractivity contribution in [3.8, 4) is 17.2 Å². The molecule has 0 radical (unpaired) electrons. The molecule has 5 heteroatoms. The summed E-state index contributed by atoms with van der Waals surface area (Å²) < 4.78 is 0. The van der Waals surface area contributed by atoms with E-state index in [-0.39, 0.29) is 11.5 Å². The van der Waals surface area contributed by atoms with Gasteiger partial charge in [-0.2, -0.15) is 0 Å². The lowest BCUT2D eigenvalue weighted by molar-refractivity contribution is 0.244. The van der Waals surface area contributed by atoms with Crippen LogP contribution in [0.1, 0.15) is 69.4 Å². The first kappa shape index (κ1) is 26.4. The Balaban J connectivity index is 1.27. The molecule has 1 heterocycles. The summed E-state index contributed by atoms with van der Waals surface area (Å²) in [5, 5.41) is 28.7. The van der Waals surface area contributed by atoms with Crippen molar-refractivity contribution in [2.45, 2.75) is 77.2 Å². The van der Waals surface area contributed by atoms with E-state index in [9.17, 15) is 15.3 Å². The quantitative estimate of drug-likeness (QED) is 0.231. The predicted octanol–water partition coefficient (Wildman–Crippen LogP) is 5.72. The summed E-state index contributed by atoms with van der Waals surface area (Å²) in [4.78, 5) is 5.21. The number of aromatic hydroxyl groups is 3. The minimum atomic E-state index is -0.0396. The van der Waals surface area contributed by atoms with Gasteiger partial charge in [-0.3, -0.25) is 0 Å². The Kier molecular flexibility index (Phi) is 11.0. The Bertz CT molecular complexity index is 840. The molecule has 3 rings (SSSR count). The highest BCUT2D eigenvalue weighted by Crippen LogP contribution is 2.28. The number of phenols is 3. The van der Waals surface area contributed by atoms with Gasteiger partial charge in [0.15, 0.2) is 11.5 Å². The fourth-order valence-corrected chi connectivity index (χ4v) is 5.17. The van der Waals surface area contributed by atoms with Crippen LogP contribution in [0.4, 0.5) is 0 Å². The molecule has 0 saturated carbocycles. The summed E-state index contributed by atoms with van der Waals surface area (Å²) in [5.74, 6) is 0.286. The first-order valence-corrected chi connectivity index (χ1v) is 13.3. The second kappa shape index (κ2) is 14.2. The maximum Gasteiger partial charge on any atom is 0.157 e. The van der Waals surface area contributed by atoms with Crippen LogP contribution in [0.25, 0.3) is 0 Å². The number of unbranched alkanes of at least 4 members (excludes halogenated alkanes) is 4. The number of hydrogen-bond acceptors (Lipinski definition) is 5. The van der Waals surface area contributed by atoms with Crippen LogP contribution >= 0.6 is 0 Å². The Labute approximate surface area is 206 Å². The lowest BCUT2D eigenvalue weighted by Gasteiger charge is -2.24. The van der Waals surface area contributed by atoms with Crippen molar-refractivity contribution in [2.24, 2.45) is 0 Å². The molecule has 34 heavy (non-hydrogen) atoms. The summed E-state index contributed by atoms with van der Waals surface area (Å²) in [7, 11) is 0. The molecule has 1 aliphatic heterocycles. The molecule has 0 unspecified atom stereocenters. The lowest BCUT2D eigenvalue weighted by Crippen LogP contribution is -2.32. The van der Waals surface area contributed by atoms with Crippen LogP contribution in [0.3, 0.4) is 0 Å². The van der Waals surface area contributed by atoms with E-state index in [1.165, 1.54) is 76.6 Å². The first-order valence-electron chi connectivity index (χ1n) is 13.3. The Morgan fingerprint density at radius 1 is 0.824 bits per heavy atom. The van der Waals surface area contributed by atoms with E-state index < -0.39 is 0 Å². The first-order chi connectivity index (χ1) is 16.5. The summed E-state index contributed by atoms with van der Waals surface area (Å²) in [6.45, 7) is 8.04. The number of benzene rings is 2. The fourth-order valence-electron chi connectivity index (χ4n) is 5.17. The molecule has 0 bridgehead atoms. The van der Waals surface area contributed by atoms with Crippen molar-refractivity contribution < 1.29 is 15.3 Å². The molecule has 5 nitrogen and oxygen atoms in total. The zero-order valence-electron chi connectivity index (χ0n) is 21.0. The molecule has 1 fully saturated rings. The molecule has 188 valence electrons. The third-order valence-electron chi connectivity index (χ3n) is 7.12. The van der Waals surface area contributed by atoms with E-state index in [1.807, 2.05) is 18.2 Å². The van der Waals surface area contributed by atoms with E-state index >= 15 is 0 Å². The minimum Gasteiger partial charge on any atom is -0.508 e. The van der Waals surface area contributed by atoms with Crippen LogP contribution < -0.4 is 0 Å². The van der Waals surface area contributed by atoms with Gasteiger partial charge in [-0.1, -0.05) is 44.4 Å². The van der Waals surface area contributed by atoms with Gasteiger partial charge in [-0.15, -0.1) is 0 Å². The fraction of sp³-hybridized carbons (Fsp3) is 0.586. The number of nitrogens with zero attached hydrogens (tertiary/aromatic N) is 2. The van der Waals surface area contributed by atoms with E-state index in [0.717, 1.165) is 31.5 Å². The van der Waals surface area contributed by atoms with Crippen LogP contribution in [-0.4, -0.2) is 63.9 Å². The van der Waals surface area contributed by atoms with Crippen molar-refractivity contribution in [1.29, 1.82) is 0 Å². The van der Waals surface area contributed by atoms with Crippen LogP contribution in [0, 0.1) is 0 Å². The SMILES string of the molecule is CCCN(CCCCCCCN1CCC[C@@H]1Cc1ccc(O)c(O)c1)CCc1ccc(O)cc1. The van der Waals surface area contributed by atoms with Crippen LogP contribution in [0.2, 0.25) is 0 Å². The zero-order chi connectivity index (χ0) is 24.2. The number of hydrogen-bond donors (Lipinski definition) is 3.